The van der Waals surface area contributed by atoms with E-state index in [1.165, 1.54) is 12.1 Å². The number of pyridine rings is 2. The summed E-state index contributed by atoms with van der Waals surface area (Å²) >= 11 is 3.32. The van der Waals surface area contributed by atoms with Crippen LogP contribution in [0.15, 0.2) is 71.7 Å². The molecule has 0 fully saturated rings. The first-order valence-corrected chi connectivity index (χ1v) is 9.02. The molecule has 0 saturated carbocycles. The van der Waals surface area contributed by atoms with Crippen LogP contribution in [0.2, 0.25) is 0 Å². The van der Waals surface area contributed by atoms with Crippen molar-refractivity contribution in [2.24, 2.45) is 0 Å². The van der Waals surface area contributed by atoms with Crippen molar-refractivity contribution in [2.45, 2.75) is 6.54 Å². The number of halogens is 2. The number of carbonyl (C=O) groups excluding carboxylic acids is 1. The number of amides is 1. The van der Waals surface area contributed by atoms with Crippen LogP contribution in [0, 0.1) is 5.82 Å². The number of nitrogens with one attached hydrogen (secondary N) is 1. The van der Waals surface area contributed by atoms with E-state index in [4.69, 9.17) is 0 Å². The number of hydrogen-bond acceptors (Lipinski definition) is 3. The maximum Gasteiger partial charge on any atom is 0.253 e. The molecule has 0 saturated heterocycles. The van der Waals surface area contributed by atoms with Crippen molar-refractivity contribution in [3.63, 3.8) is 0 Å². The second-order valence-electron chi connectivity index (χ2n) is 5.94. The maximum atomic E-state index is 13.2. The number of aromatic nitrogens is 3. The maximum absolute atomic E-state index is 13.2. The Morgan fingerprint density at radius 3 is 2.74 bits per heavy atom. The minimum absolute atomic E-state index is 0.195. The topological polar surface area (TPSA) is 59.3 Å². The van der Waals surface area contributed by atoms with E-state index in [0.717, 1.165) is 15.7 Å². The number of rotatable bonds is 4. The Morgan fingerprint density at radius 1 is 1.15 bits per heavy atom. The minimum Gasteiger partial charge on any atom is -0.348 e. The number of carbonyl (C=O) groups is 1. The zero-order chi connectivity index (χ0) is 18.8. The van der Waals surface area contributed by atoms with E-state index < -0.39 is 0 Å². The van der Waals surface area contributed by atoms with Gasteiger partial charge in [0.15, 0.2) is 0 Å². The quantitative estimate of drug-likeness (QED) is 0.498. The molecule has 0 aliphatic heterocycles. The summed E-state index contributed by atoms with van der Waals surface area (Å²) in [5, 5.41) is 2.91. The van der Waals surface area contributed by atoms with E-state index in [1.54, 1.807) is 36.7 Å². The Labute approximate surface area is 163 Å². The van der Waals surface area contributed by atoms with Crippen molar-refractivity contribution in [1.29, 1.82) is 0 Å². The minimum atomic E-state index is -0.303. The summed E-state index contributed by atoms with van der Waals surface area (Å²) < 4.78 is 15.7. The van der Waals surface area contributed by atoms with E-state index in [9.17, 15) is 9.18 Å². The molecule has 5 nitrogen and oxygen atoms in total. The Kier molecular flexibility index (Phi) is 4.68. The monoisotopic (exact) mass is 424 g/mol. The zero-order valence-electron chi connectivity index (χ0n) is 14.1. The number of fused-ring (bicyclic) bond motifs is 1. The lowest BCUT2D eigenvalue weighted by molar-refractivity contribution is 0.0952. The van der Waals surface area contributed by atoms with Crippen LogP contribution in [0.4, 0.5) is 4.39 Å². The van der Waals surface area contributed by atoms with Gasteiger partial charge in [0.1, 0.15) is 16.2 Å². The lowest BCUT2D eigenvalue weighted by Gasteiger charge is -2.08. The normalized spacial score (nSPS) is 10.9. The standard InChI is InChI=1S/C20H14BrFN4O/c21-18-10-13(7-8-23-18)11-25-20(27)16-2-1-9-26-17(16)12-24-19(26)14-3-5-15(22)6-4-14/h1-10,12H,11H2,(H,25,27). The van der Waals surface area contributed by atoms with Crippen molar-refractivity contribution in [2.75, 3.05) is 0 Å². The zero-order valence-corrected chi connectivity index (χ0v) is 15.6. The number of imidazole rings is 1. The van der Waals surface area contributed by atoms with Crippen molar-refractivity contribution < 1.29 is 9.18 Å². The van der Waals surface area contributed by atoms with Gasteiger partial charge in [0.2, 0.25) is 0 Å². The van der Waals surface area contributed by atoms with Gasteiger partial charge in [-0.05, 0) is 70.0 Å². The van der Waals surface area contributed by atoms with E-state index in [2.05, 4.69) is 31.2 Å². The van der Waals surface area contributed by atoms with Gasteiger partial charge in [0.25, 0.3) is 5.91 Å². The molecular formula is C20H14BrFN4O. The first-order chi connectivity index (χ1) is 13.1. The number of hydrogen-bond donors (Lipinski definition) is 1. The highest BCUT2D eigenvalue weighted by Gasteiger charge is 2.14. The van der Waals surface area contributed by atoms with E-state index in [-0.39, 0.29) is 11.7 Å². The lowest BCUT2D eigenvalue weighted by atomic mass is 10.2. The molecule has 1 amide bonds. The van der Waals surface area contributed by atoms with Gasteiger partial charge in [0, 0.05) is 24.5 Å². The fourth-order valence-electron chi connectivity index (χ4n) is 2.86. The summed E-state index contributed by atoms with van der Waals surface area (Å²) in [6, 6.07) is 13.3. The molecular weight excluding hydrogens is 411 g/mol. The molecule has 0 aliphatic carbocycles. The van der Waals surface area contributed by atoms with Crippen LogP contribution < -0.4 is 5.32 Å². The van der Waals surface area contributed by atoms with Crippen LogP contribution in [0.1, 0.15) is 15.9 Å². The molecule has 4 aromatic rings. The molecule has 7 heteroatoms. The van der Waals surface area contributed by atoms with Crippen LogP contribution >= 0.6 is 15.9 Å². The van der Waals surface area contributed by atoms with Gasteiger partial charge in [-0.25, -0.2) is 14.4 Å². The van der Waals surface area contributed by atoms with Crippen molar-refractivity contribution in [3.8, 4) is 11.4 Å². The Bertz CT molecular complexity index is 1120. The molecule has 0 atom stereocenters. The number of nitrogens with zero attached hydrogens (tertiary/aromatic N) is 3. The molecule has 0 spiro atoms. The average molecular weight is 425 g/mol. The molecule has 3 aromatic heterocycles. The molecule has 0 unspecified atom stereocenters. The second kappa shape index (κ2) is 7.28. The summed E-state index contributed by atoms with van der Waals surface area (Å²) in [5.74, 6) is 0.152. The van der Waals surface area contributed by atoms with Crippen molar-refractivity contribution in [1.82, 2.24) is 19.7 Å². The summed E-state index contributed by atoms with van der Waals surface area (Å²) in [5.41, 5.74) is 2.92. The Morgan fingerprint density at radius 2 is 1.96 bits per heavy atom. The molecule has 0 radical (unpaired) electrons. The van der Waals surface area contributed by atoms with Gasteiger partial charge in [-0.1, -0.05) is 0 Å². The average Bonchev–Trinajstić information content (AvgIpc) is 3.11. The van der Waals surface area contributed by atoms with E-state index in [1.807, 2.05) is 22.7 Å². The second-order valence-corrected chi connectivity index (χ2v) is 6.75. The van der Waals surface area contributed by atoms with Crippen LogP contribution in [-0.4, -0.2) is 20.3 Å². The molecule has 134 valence electrons. The van der Waals surface area contributed by atoms with Crippen molar-refractivity contribution in [3.05, 3.63) is 88.7 Å². The fraction of sp³-hybridized carbons (Fsp3) is 0.0500. The molecule has 4 rings (SSSR count). The smallest absolute Gasteiger partial charge is 0.253 e. The van der Waals surface area contributed by atoms with E-state index in [0.29, 0.717) is 23.4 Å². The third-order valence-electron chi connectivity index (χ3n) is 4.16. The molecule has 0 aliphatic rings. The first-order valence-electron chi connectivity index (χ1n) is 8.22. The highest BCUT2D eigenvalue weighted by molar-refractivity contribution is 9.10. The Balaban J connectivity index is 1.62. The van der Waals surface area contributed by atoms with Crippen LogP contribution in [0.3, 0.4) is 0 Å². The lowest BCUT2D eigenvalue weighted by Crippen LogP contribution is -2.23. The third-order valence-corrected chi connectivity index (χ3v) is 4.60. The predicted octanol–water partition coefficient (Wildman–Crippen LogP) is 4.23. The fourth-order valence-corrected chi connectivity index (χ4v) is 3.27. The van der Waals surface area contributed by atoms with Crippen LogP contribution in [0.25, 0.3) is 16.9 Å². The molecule has 3 heterocycles. The van der Waals surface area contributed by atoms with Gasteiger partial charge in [-0.2, -0.15) is 0 Å². The number of benzene rings is 1. The highest BCUT2D eigenvalue weighted by Crippen LogP contribution is 2.22. The van der Waals surface area contributed by atoms with E-state index >= 15 is 0 Å². The van der Waals surface area contributed by atoms with Gasteiger partial charge in [-0.3, -0.25) is 9.20 Å². The molecule has 1 aromatic carbocycles. The summed E-state index contributed by atoms with van der Waals surface area (Å²) in [6.45, 7) is 0.389. The Hall–Kier alpha value is -3.06. The van der Waals surface area contributed by atoms with Crippen LogP contribution in [-0.2, 0) is 6.54 Å². The molecule has 0 bridgehead atoms. The molecule has 1 N–H and O–H groups in total. The first kappa shape index (κ1) is 17.4. The SMILES string of the molecule is O=C(NCc1ccnc(Br)c1)c1cccn2c(-c3ccc(F)cc3)ncc12. The largest absolute Gasteiger partial charge is 0.348 e. The summed E-state index contributed by atoms with van der Waals surface area (Å²) in [7, 11) is 0. The van der Waals surface area contributed by atoms with Gasteiger partial charge in [0.05, 0.1) is 17.3 Å². The van der Waals surface area contributed by atoms with Gasteiger partial charge >= 0.3 is 0 Å². The summed E-state index contributed by atoms with van der Waals surface area (Å²) in [6.07, 6.45) is 5.16. The molecule has 27 heavy (non-hydrogen) atoms. The van der Waals surface area contributed by atoms with Gasteiger partial charge in [-0.15, -0.1) is 0 Å². The third kappa shape index (κ3) is 3.59. The van der Waals surface area contributed by atoms with Crippen LogP contribution in [0.5, 0.6) is 0 Å². The predicted molar refractivity (Wildman–Crippen MR) is 104 cm³/mol. The summed E-state index contributed by atoms with van der Waals surface area (Å²) in [4.78, 5) is 21.2. The van der Waals surface area contributed by atoms with Gasteiger partial charge < -0.3 is 5.32 Å². The highest BCUT2D eigenvalue weighted by atomic mass is 79.9. The van der Waals surface area contributed by atoms with Crippen molar-refractivity contribution >= 4 is 27.4 Å².